The second-order valence-corrected chi connectivity index (χ2v) is 4.02. The molecule has 2 heteroatoms. The minimum absolute atomic E-state index is 1.03. The van der Waals surface area contributed by atoms with Crippen LogP contribution in [0.15, 0.2) is 23.3 Å². The quantitative estimate of drug-likeness (QED) is 0.523. The average Bonchev–Trinajstić information content (AvgIpc) is 2.15. The highest BCUT2D eigenvalue weighted by molar-refractivity contribution is 7.84. The maximum Gasteiger partial charge on any atom is 0.0367 e. The Morgan fingerprint density at radius 1 is 1.38 bits per heavy atom. The minimum atomic E-state index is 1.03. The number of unbranched alkanes of at least 4 members (excludes halogenated alkanes) is 3. The van der Waals surface area contributed by atoms with Crippen molar-refractivity contribution >= 4 is 12.6 Å². The van der Waals surface area contributed by atoms with Crippen molar-refractivity contribution in [1.82, 2.24) is 4.90 Å². The van der Waals surface area contributed by atoms with Crippen LogP contribution in [-0.2, 0) is 0 Å². The second kappa shape index (κ2) is 6.14. The molecule has 1 nitrogen and oxygen atoms in total. The van der Waals surface area contributed by atoms with Crippen molar-refractivity contribution < 1.29 is 0 Å². The summed E-state index contributed by atoms with van der Waals surface area (Å²) in [6.07, 6.45) is 11.7. The molecule has 1 rings (SSSR count). The van der Waals surface area contributed by atoms with E-state index in [0.717, 1.165) is 11.4 Å². The SMILES string of the molecule is CCCCCCN1C=CC(S)=CC1. The molecule has 1 aliphatic heterocycles. The standard InChI is InChI=1S/C11H19NS/c1-2-3-4-5-8-12-9-6-11(13)7-10-12/h6-7,9,13H,2-5,8,10H2,1H3. The number of nitrogens with zero attached hydrogens (tertiary/aromatic N) is 1. The summed E-state index contributed by atoms with van der Waals surface area (Å²) in [6.45, 7) is 4.46. The molecule has 0 amide bonds. The van der Waals surface area contributed by atoms with E-state index in [4.69, 9.17) is 0 Å². The lowest BCUT2D eigenvalue weighted by molar-refractivity contribution is 0.393. The normalized spacial score (nSPS) is 16.2. The third-order valence-electron chi connectivity index (χ3n) is 2.29. The Hall–Kier alpha value is -0.370. The molecule has 0 atom stereocenters. The van der Waals surface area contributed by atoms with Crippen LogP contribution in [0.5, 0.6) is 0 Å². The van der Waals surface area contributed by atoms with Gasteiger partial charge in [0.25, 0.3) is 0 Å². The molecule has 0 N–H and O–H groups in total. The lowest BCUT2D eigenvalue weighted by atomic mass is 10.2. The van der Waals surface area contributed by atoms with Gasteiger partial charge in [-0.05, 0) is 12.5 Å². The van der Waals surface area contributed by atoms with Crippen molar-refractivity contribution in [3.63, 3.8) is 0 Å². The number of hydrogen-bond donors (Lipinski definition) is 1. The summed E-state index contributed by atoms with van der Waals surface area (Å²) in [4.78, 5) is 3.43. The smallest absolute Gasteiger partial charge is 0.0367 e. The first-order valence-corrected chi connectivity index (χ1v) is 5.59. The summed E-state index contributed by atoms with van der Waals surface area (Å²) in [7, 11) is 0. The maximum absolute atomic E-state index is 4.27. The second-order valence-electron chi connectivity index (χ2n) is 3.50. The van der Waals surface area contributed by atoms with Gasteiger partial charge in [-0.3, -0.25) is 0 Å². The third kappa shape index (κ3) is 4.41. The lowest BCUT2D eigenvalue weighted by Crippen LogP contribution is -2.20. The van der Waals surface area contributed by atoms with Gasteiger partial charge >= 0.3 is 0 Å². The molecule has 74 valence electrons. The predicted octanol–water partition coefficient (Wildman–Crippen LogP) is 3.21. The van der Waals surface area contributed by atoms with E-state index in [1.165, 1.54) is 32.2 Å². The average molecular weight is 197 g/mol. The van der Waals surface area contributed by atoms with Crippen molar-refractivity contribution in [2.75, 3.05) is 13.1 Å². The minimum Gasteiger partial charge on any atom is -0.374 e. The molecule has 0 aromatic rings. The van der Waals surface area contributed by atoms with Crippen LogP contribution >= 0.6 is 12.6 Å². The van der Waals surface area contributed by atoms with Crippen LogP contribution in [-0.4, -0.2) is 18.0 Å². The van der Waals surface area contributed by atoms with Gasteiger partial charge in [0.1, 0.15) is 0 Å². The summed E-state index contributed by atoms with van der Waals surface area (Å²) in [6, 6.07) is 0. The topological polar surface area (TPSA) is 3.24 Å². The molecule has 13 heavy (non-hydrogen) atoms. The number of thiol groups is 1. The van der Waals surface area contributed by atoms with Crippen molar-refractivity contribution in [3.8, 4) is 0 Å². The van der Waals surface area contributed by atoms with Gasteiger partial charge in [0.05, 0.1) is 0 Å². The molecular weight excluding hydrogens is 178 g/mol. The largest absolute Gasteiger partial charge is 0.374 e. The molecule has 0 spiro atoms. The van der Waals surface area contributed by atoms with E-state index >= 15 is 0 Å². The Bertz CT molecular complexity index is 196. The number of allylic oxidation sites excluding steroid dienone is 1. The molecule has 1 aliphatic rings. The molecule has 0 saturated heterocycles. The first kappa shape index (κ1) is 10.7. The molecule has 1 heterocycles. The maximum atomic E-state index is 4.27. The third-order valence-corrected chi connectivity index (χ3v) is 2.62. The first-order chi connectivity index (χ1) is 6.33. The van der Waals surface area contributed by atoms with E-state index in [-0.39, 0.29) is 0 Å². The highest BCUT2D eigenvalue weighted by Gasteiger charge is 2.01. The highest BCUT2D eigenvalue weighted by Crippen LogP contribution is 2.11. The fraction of sp³-hybridized carbons (Fsp3) is 0.636. The summed E-state index contributed by atoms with van der Waals surface area (Å²) in [5, 5.41) is 0. The molecular formula is C11H19NS. The van der Waals surface area contributed by atoms with Crippen LogP contribution in [0.2, 0.25) is 0 Å². The van der Waals surface area contributed by atoms with Crippen LogP contribution in [0, 0.1) is 0 Å². The lowest BCUT2D eigenvalue weighted by Gasteiger charge is -2.21. The van der Waals surface area contributed by atoms with Gasteiger partial charge in [0, 0.05) is 24.2 Å². The summed E-state index contributed by atoms with van der Waals surface area (Å²) < 4.78 is 0. The molecule has 0 bridgehead atoms. The monoisotopic (exact) mass is 197 g/mol. The van der Waals surface area contributed by atoms with Gasteiger partial charge in [0.2, 0.25) is 0 Å². The van der Waals surface area contributed by atoms with Crippen LogP contribution in [0.4, 0.5) is 0 Å². The van der Waals surface area contributed by atoms with Gasteiger partial charge in [-0.25, -0.2) is 0 Å². The number of hydrogen-bond acceptors (Lipinski definition) is 2. The fourth-order valence-electron chi connectivity index (χ4n) is 1.43. The zero-order chi connectivity index (χ0) is 9.52. The van der Waals surface area contributed by atoms with E-state index < -0.39 is 0 Å². The molecule has 0 aliphatic carbocycles. The molecule has 0 fully saturated rings. The Balaban J connectivity index is 2.07. The summed E-state index contributed by atoms with van der Waals surface area (Å²) in [5.74, 6) is 0. The van der Waals surface area contributed by atoms with E-state index in [2.05, 4.69) is 42.8 Å². The van der Waals surface area contributed by atoms with Crippen molar-refractivity contribution in [1.29, 1.82) is 0 Å². The van der Waals surface area contributed by atoms with Crippen molar-refractivity contribution in [2.45, 2.75) is 32.6 Å². The van der Waals surface area contributed by atoms with Gasteiger partial charge in [-0.2, -0.15) is 0 Å². The molecule has 0 saturated carbocycles. The van der Waals surface area contributed by atoms with Crippen LogP contribution in [0.3, 0.4) is 0 Å². The predicted molar refractivity (Wildman–Crippen MR) is 61.9 cm³/mol. The fourth-order valence-corrected chi connectivity index (χ4v) is 1.58. The molecule has 0 radical (unpaired) electrons. The Morgan fingerprint density at radius 3 is 2.85 bits per heavy atom. The zero-order valence-corrected chi connectivity index (χ0v) is 9.26. The zero-order valence-electron chi connectivity index (χ0n) is 8.37. The van der Waals surface area contributed by atoms with Crippen LogP contribution in [0.25, 0.3) is 0 Å². The summed E-state index contributed by atoms with van der Waals surface area (Å²) >= 11 is 4.27. The van der Waals surface area contributed by atoms with Gasteiger partial charge in [0.15, 0.2) is 0 Å². The van der Waals surface area contributed by atoms with Crippen molar-refractivity contribution in [3.05, 3.63) is 23.3 Å². The first-order valence-electron chi connectivity index (χ1n) is 5.14. The molecule has 0 unspecified atom stereocenters. The Morgan fingerprint density at radius 2 is 2.23 bits per heavy atom. The Kier molecular flexibility index (Phi) is 5.06. The Labute approximate surface area is 86.9 Å². The van der Waals surface area contributed by atoms with E-state index in [1.54, 1.807) is 0 Å². The van der Waals surface area contributed by atoms with Crippen molar-refractivity contribution in [2.24, 2.45) is 0 Å². The summed E-state index contributed by atoms with van der Waals surface area (Å²) in [5.41, 5.74) is 0. The van der Waals surface area contributed by atoms with Crippen LogP contribution < -0.4 is 0 Å². The molecule has 0 aromatic heterocycles. The van der Waals surface area contributed by atoms with Gasteiger partial charge in [-0.15, -0.1) is 12.6 Å². The van der Waals surface area contributed by atoms with Gasteiger partial charge in [-0.1, -0.05) is 32.3 Å². The van der Waals surface area contributed by atoms with Crippen LogP contribution in [0.1, 0.15) is 32.6 Å². The highest BCUT2D eigenvalue weighted by atomic mass is 32.1. The number of rotatable bonds is 5. The van der Waals surface area contributed by atoms with Gasteiger partial charge < -0.3 is 4.90 Å². The molecule has 0 aromatic carbocycles. The van der Waals surface area contributed by atoms with E-state index in [0.29, 0.717) is 0 Å². The van der Waals surface area contributed by atoms with E-state index in [1.807, 2.05) is 0 Å². The van der Waals surface area contributed by atoms with E-state index in [9.17, 15) is 0 Å².